The number of piperidine rings is 1. The first-order valence-corrected chi connectivity index (χ1v) is 14.1. The summed E-state index contributed by atoms with van der Waals surface area (Å²) in [6.45, 7) is 3.81. The van der Waals surface area contributed by atoms with Gasteiger partial charge >= 0.3 is 0 Å². The normalized spacial score (nSPS) is 24.5. The molecule has 3 aliphatic rings. The molecule has 3 heterocycles. The second-order valence-corrected chi connectivity index (χ2v) is 12.6. The minimum Gasteiger partial charge on any atom is -0.378 e. The molecule has 1 N–H and O–H groups in total. The average Bonchev–Trinajstić information content (AvgIpc) is 3.21. The van der Waals surface area contributed by atoms with Crippen LogP contribution in [0.4, 0.5) is 10.1 Å². The number of morpholine rings is 1. The van der Waals surface area contributed by atoms with Crippen LogP contribution in [0.25, 0.3) is 10.1 Å². The minimum atomic E-state index is -3.51. The molecule has 6 rings (SSSR count). The van der Waals surface area contributed by atoms with Crippen molar-refractivity contribution in [2.75, 3.05) is 50.8 Å². The third kappa shape index (κ3) is 4.22. The van der Waals surface area contributed by atoms with Crippen molar-refractivity contribution >= 4 is 43.0 Å². The fourth-order valence-electron chi connectivity index (χ4n) is 5.34. The van der Waals surface area contributed by atoms with Gasteiger partial charge < -0.3 is 15.0 Å². The molecule has 1 saturated carbocycles. The second-order valence-electron chi connectivity index (χ2n) is 9.39. The van der Waals surface area contributed by atoms with E-state index in [-0.39, 0.29) is 23.7 Å². The van der Waals surface area contributed by atoms with Crippen LogP contribution in [0, 0.1) is 23.6 Å². The lowest BCUT2D eigenvalue weighted by atomic mass is 10.1. The fourth-order valence-corrected chi connectivity index (χ4v) is 8.41. The summed E-state index contributed by atoms with van der Waals surface area (Å²) in [5.74, 6) is 0.0344. The van der Waals surface area contributed by atoms with Gasteiger partial charge in [0.15, 0.2) is 0 Å². The van der Waals surface area contributed by atoms with Crippen LogP contribution in [0.3, 0.4) is 0 Å². The van der Waals surface area contributed by atoms with Crippen molar-refractivity contribution < 1.29 is 22.3 Å². The standard InChI is InChI=1S/C25H26FN3O4S2/c26-21-11-17(5-6-22(21)28-7-9-33-10-8-28)25(30)27-13-18-19-14-29(15-20(18)19)35(31,32)24-12-16-3-1-2-4-23(16)34-24/h1-6,11-12,18-20H,7-10,13-15H2,(H,27,30). The summed E-state index contributed by atoms with van der Waals surface area (Å²) in [4.78, 5) is 14.5. The molecule has 10 heteroatoms. The highest BCUT2D eigenvalue weighted by Gasteiger charge is 2.57. The second kappa shape index (κ2) is 8.85. The Hall–Kier alpha value is -2.53. The lowest BCUT2D eigenvalue weighted by Crippen LogP contribution is -2.37. The lowest BCUT2D eigenvalue weighted by molar-refractivity contribution is 0.0949. The summed E-state index contributed by atoms with van der Waals surface area (Å²) < 4.78 is 49.1. The first kappa shape index (κ1) is 22.9. The Balaban J connectivity index is 1.04. The van der Waals surface area contributed by atoms with E-state index in [1.165, 1.54) is 17.4 Å². The molecular formula is C25H26FN3O4S2. The molecule has 3 fully saturated rings. The molecule has 2 unspecified atom stereocenters. The smallest absolute Gasteiger partial charge is 0.252 e. The number of ether oxygens (including phenoxy) is 1. The number of fused-ring (bicyclic) bond motifs is 2. The molecule has 2 aliphatic heterocycles. The van der Waals surface area contributed by atoms with Gasteiger partial charge in [0.05, 0.1) is 18.9 Å². The van der Waals surface area contributed by atoms with Gasteiger partial charge in [-0.1, -0.05) is 18.2 Å². The van der Waals surface area contributed by atoms with Crippen molar-refractivity contribution in [1.82, 2.24) is 9.62 Å². The fraction of sp³-hybridized carbons (Fsp3) is 0.400. The van der Waals surface area contributed by atoms with Crippen LogP contribution in [0.1, 0.15) is 10.4 Å². The molecule has 35 heavy (non-hydrogen) atoms. The van der Waals surface area contributed by atoms with Crippen molar-refractivity contribution in [3.05, 3.63) is 59.9 Å². The van der Waals surface area contributed by atoms with Crippen LogP contribution in [-0.2, 0) is 14.8 Å². The average molecular weight is 516 g/mol. The molecule has 1 amide bonds. The Bertz CT molecular complexity index is 1340. The molecule has 184 valence electrons. The van der Waals surface area contributed by atoms with Gasteiger partial charge in [-0.25, -0.2) is 12.8 Å². The topological polar surface area (TPSA) is 79.0 Å². The van der Waals surface area contributed by atoms with Crippen molar-refractivity contribution in [3.8, 4) is 0 Å². The molecule has 1 aliphatic carbocycles. The van der Waals surface area contributed by atoms with E-state index in [1.54, 1.807) is 22.5 Å². The van der Waals surface area contributed by atoms with Gasteiger partial charge in [0.2, 0.25) is 0 Å². The highest BCUT2D eigenvalue weighted by molar-refractivity contribution is 7.91. The summed E-state index contributed by atoms with van der Waals surface area (Å²) >= 11 is 1.30. The van der Waals surface area contributed by atoms with E-state index in [2.05, 4.69) is 5.32 Å². The zero-order valence-corrected chi connectivity index (χ0v) is 20.7. The van der Waals surface area contributed by atoms with Gasteiger partial charge in [-0.15, -0.1) is 11.3 Å². The van der Waals surface area contributed by atoms with E-state index in [4.69, 9.17) is 4.74 Å². The number of sulfonamides is 1. The molecule has 1 aromatic heterocycles. The van der Waals surface area contributed by atoms with Crippen LogP contribution in [0.5, 0.6) is 0 Å². The van der Waals surface area contributed by atoms with Crippen LogP contribution in [0.15, 0.2) is 52.7 Å². The number of hydrogen-bond donors (Lipinski definition) is 1. The predicted molar refractivity (Wildman–Crippen MR) is 133 cm³/mol. The highest BCUT2D eigenvalue weighted by Crippen LogP contribution is 2.52. The number of carbonyl (C=O) groups is 1. The monoisotopic (exact) mass is 515 g/mol. The third-order valence-electron chi connectivity index (χ3n) is 7.39. The van der Waals surface area contributed by atoms with E-state index < -0.39 is 15.8 Å². The maximum Gasteiger partial charge on any atom is 0.252 e. The van der Waals surface area contributed by atoms with Crippen molar-refractivity contribution in [2.45, 2.75) is 4.21 Å². The van der Waals surface area contributed by atoms with Crippen molar-refractivity contribution in [3.63, 3.8) is 0 Å². The summed E-state index contributed by atoms with van der Waals surface area (Å²) in [7, 11) is -3.51. The first-order chi connectivity index (χ1) is 16.9. The number of amides is 1. The molecule has 0 radical (unpaired) electrons. The highest BCUT2D eigenvalue weighted by atomic mass is 32.2. The van der Waals surface area contributed by atoms with Crippen molar-refractivity contribution in [1.29, 1.82) is 0 Å². The van der Waals surface area contributed by atoms with E-state index in [1.807, 2.05) is 29.2 Å². The number of carbonyl (C=O) groups excluding carboxylic acids is 1. The van der Waals surface area contributed by atoms with Crippen LogP contribution < -0.4 is 10.2 Å². The Morgan fingerprint density at radius 1 is 1.09 bits per heavy atom. The van der Waals surface area contributed by atoms with Gasteiger partial charge in [0.25, 0.3) is 15.9 Å². The molecule has 0 bridgehead atoms. The quantitative estimate of drug-likeness (QED) is 0.546. The number of nitrogens with one attached hydrogen (secondary N) is 1. The third-order valence-corrected chi connectivity index (χ3v) is 10.8. The Labute approximate surface area is 207 Å². The van der Waals surface area contributed by atoms with Gasteiger partial charge in [-0.2, -0.15) is 4.31 Å². The lowest BCUT2D eigenvalue weighted by Gasteiger charge is -2.29. The zero-order valence-electron chi connectivity index (χ0n) is 19.0. The van der Waals surface area contributed by atoms with Gasteiger partial charge in [-0.05, 0) is 53.5 Å². The van der Waals surface area contributed by atoms with Gasteiger partial charge in [0.1, 0.15) is 10.0 Å². The summed E-state index contributed by atoms with van der Waals surface area (Å²) in [5, 5.41) is 3.85. The molecule has 2 saturated heterocycles. The summed E-state index contributed by atoms with van der Waals surface area (Å²) in [6, 6.07) is 14.0. The van der Waals surface area contributed by atoms with E-state index in [0.717, 1.165) is 10.1 Å². The Morgan fingerprint density at radius 3 is 2.54 bits per heavy atom. The van der Waals surface area contributed by atoms with Gasteiger partial charge in [-0.3, -0.25) is 4.79 Å². The molecule has 0 spiro atoms. The zero-order chi connectivity index (χ0) is 24.2. The summed E-state index contributed by atoms with van der Waals surface area (Å²) in [5.41, 5.74) is 0.779. The first-order valence-electron chi connectivity index (χ1n) is 11.8. The maximum absolute atomic E-state index is 14.6. The molecule has 2 aromatic carbocycles. The number of halogens is 1. The number of rotatable bonds is 6. The number of anilines is 1. The van der Waals surface area contributed by atoms with Crippen LogP contribution >= 0.6 is 11.3 Å². The largest absolute Gasteiger partial charge is 0.378 e. The number of hydrogen-bond acceptors (Lipinski definition) is 6. The van der Waals surface area contributed by atoms with E-state index in [9.17, 15) is 17.6 Å². The van der Waals surface area contributed by atoms with Crippen LogP contribution in [0.2, 0.25) is 0 Å². The van der Waals surface area contributed by atoms with Gasteiger partial charge in [0, 0.05) is 43.0 Å². The predicted octanol–water partition coefficient (Wildman–Crippen LogP) is 3.17. The SMILES string of the molecule is O=C(NCC1C2CN(S(=O)(=O)c3cc4ccccc4s3)CC12)c1ccc(N2CCOCC2)c(F)c1. The summed E-state index contributed by atoms with van der Waals surface area (Å²) in [6.07, 6.45) is 0. The molecule has 2 atom stereocenters. The minimum absolute atomic E-state index is 0.250. The number of nitrogens with zero attached hydrogens (tertiary/aromatic N) is 2. The molecular weight excluding hydrogens is 489 g/mol. The Kier molecular flexibility index (Phi) is 5.79. The van der Waals surface area contributed by atoms with Crippen molar-refractivity contribution in [2.24, 2.45) is 17.8 Å². The maximum atomic E-state index is 14.6. The number of thiophene rings is 1. The number of benzene rings is 2. The van der Waals surface area contributed by atoms with E-state index >= 15 is 0 Å². The Morgan fingerprint density at radius 2 is 1.83 bits per heavy atom. The van der Waals surface area contributed by atoms with Crippen LogP contribution in [-0.4, -0.2) is 64.6 Å². The molecule has 3 aromatic rings. The van der Waals surface area contributed by atoms with E-state index in [0.29, 0.717) is 61.4 Å². The molecule has 7 nitrogen and oxygen atoms in total.